The lowest BCUT2D eigenvalue weighted by Crippen LogP contribution is -2.27. The molecule has 2 heterocycles. The molecule has 0 fully saturated rings. The molecule has 0 aromatic carbocycles. The molecular weight excluding hydrogens is 274 g/mol. The Balaban J connectivity index is 2.48. The highest BCUT2D eigenvalue weighted by molar-refractivity contribution is 6.31. The number of aromatic nitrogens is 4. The topological polar surface area (TPSA) is 55.6 Å². The molecule has 0 radical (unpaired) electrons. The molecule has 0 bridgehead atoms. The summed E-state index contributed by atoms with van der Waals surface area (Å²) in [5.74, 6) is 0.710. The summed E-state index contributed by atoms with van der Waals surface area (Å²) in [4.78, 5) is 8.84. The van der Waals surface area contributed by atoms with Gasteiger partial charge in [0.1, 0.15) is 6.04 Å². The summed E-state index contributed by atoms with van der Waals surface area (Å²) in [6.07, 6.45) is 5.31. The van der Waals surface area contributed by atoms with Crippen molar-refractivity contribution >= 4 is 11.6 Å². The van der Waals surface area contributed by atoms with Gasteiger partial charge >= 0.3 is 0 Å². The summed E-state index contributed by atoms with van der Waals surface area (Å²) in [6.45, 7) is 8.96. The van der Waals surface area contributed by atoms with Crippen LogP contribution in [-0.2, 0) is 0 Å². The van der Waals surface area contributed by atoms with Crippen LogP contribution in [0.25, 0.3) is 0 Å². The smallest absolute Gasteiger partial charge is 0.151 e. The van der Waals surface area contributed by atoms with Crippen LogP contribution in [0.4, 0.5) is 0 Å². The Kier molecular flexibility index (Phi) is 4.73. The monoisotopic (exact) mass is 293 g/mol. The molecule has 1 atom stereocenters. The van der Waals surface area contributed by atoms with E-state index in [2.05, 4.69) is 34.2 Å². The molecule has 2 rings (SSSR count). The minimum Gasteiger partial charge on any atom is -0.303 e. The van der Waals surface area contributed by atoms with Gasteiger partial charge in [0, 0.05) is 18.4 Å². The van der Waals surface area contributed by atoms with Crippen molar-refractivity contribution in [1.29, 1.82) is 0 Å². The van der Waals surface area contributed by atoms with Gasteiger partial charge in [0.25, 0.3) is 0 Å². The highest BCUT2D eigenvalue weighted by atomic mass is 35.5. The lowest BCUT2D eigenvalue weighted by atomic mass is 10.1. The first-order chi connectivity index (χ1) is 9.54. The third-order valence-electron chi connectivity index (χ3n) is 3.02. The number of nitrogens with one attached hydrogen (secondary N) is 1. The zero-order valence-electron chi connectivity index (χ0n) is 12.3. The van der Waals surface area contributed by atoms with E-state index in [-0.39, 0.29) is 12.1 Å². The Bertz CT molecular complexity index is 561. The summed E-state index contributed by atoms with van der Waals surface area (Å²) < 4.78 is 1.92. The molecule has 0 aliphatic heterocycles. The van der Waals surface area contributed by atoms with Gasteiger partial charge in [-0.2, -0.15) is 5.10 Å². The second-order valence-corrected chi connectivity index (χ2v) is 5.43. The van der Waals surface area contributed by atoms with E-state index in [1.807, 2.05) is 30.9 Å². The fourth-order valence-electron chi connectivity index (χ4n) is 2.10. The van der Waals surface area contributed by atoms with Crippen LogP contribution in [0.5, 0.6) is 0 Å². The van der Waals surface area contributed by atoms with E-state index in [0.717, 1.165) is 17.8 Å². The average molecular weight is 294 g/mol. The van der Waals surface area contributed by atoms with Crippen molar-refractivity contribution in [1.82, 2.24) is 25.1 Å². The van der Waals surface area contributed by atoms with E-state index in [1.165, 1.54) is 0 Å². The van der Waals surface area contributed by atoms with Crippen LogP contribution in [0.3, 0.4) is 0 Å². The van der Waals surface area contributed by atoms with Gasteiger partial charge < -0.3 is 5.32 Å². The first kappa shape index (κ1) is 14.9. The minimum absolute atomic E-state index is 0.155. The Morgan fingerprint density at radius 2 is 1.90 bits per heavy atom. The molecule has 1 N–H and O–H groups in total. The van der Waals surface area contributed by atoms with Gasteiger partial charge in [-0.25, -0.2) is 9.97 Å². The molecule has 5 nitrogen and oxygen atoms in total. The van der Waals surface area contributed by atoms with Crippen molar-refractivity contribution in [3.63, 3.8) is 0 Å². The summed E-state index contributed by atoms with van der Waals surface area (Å²) in [7, 11) is 0. The lowest BCUT2D eigenvalue weighted by molar-refractivity contribution is 0.468. The van der Waals surface area contributed by atoms with Gasteiger partial charge in [0.15, 0.2) is 5.82 Å². The molecule has 0 spiro atoms. The molecule has 1 unspecified atom stereocenters. The second kappa shape index (κ2) is 6.33. The maximum Gasteiger partial charge on any atom is 0.151 e. The maximum absolute atomic E-state index is 6.32. The maximum atomic E-state index is 6.32. The van der Waals surface area contributed by atoms with Crippen LogP contribution in [0.1, 0.15) is 49.9 Å². The van der Waals surface area contributed by atoms with E-state index in [4.69, 9.17) is 11.6 Å². The molecule has 2 aromatic heterocycles. The number of hydrogen-bond acceptors (Lipinski definition) is 4. The standard InChI is InChI=1S/C14H20ClN5/c1-5-16-12(14-17-6-10(4)7-18-14)13-11(15)8-19-20(13)9(2)3/h6-9,12,16H,5H2,1-4H3. The molecule has 2 aromatic rings. The van der Waals surface area contributed by atoms with Gasteiger partial charge in [-0.3, -0.25) is 4.68 Å². The van der Waals surface area contributed by atoms with E-state index in [0.29, 0.717) is 10.8 Å². The number of nitrogens with zero attached hydrogens (tertiary/aromatic N) is 4. The Hall–Kier alpha value is -1.46. The van der Waals surface area contributed by atoms with Crippen molar-refractivity contribution < 1.29 is 0 Å². The molecule has 6 heteroatoms. The quantitative estimate of drug-likeness (QED) is 0.921. The Morgan fingerprint density at radius 1 is 1.25 bits per heavy atom. The summed E-state index contributed by atoms with van der Waals surface area (Å²) in [5.41, 5.74) is 1.94. The van der Waals surface area contributed by atoms with Gasteiger partial charge in [-0.1, -0.05) is 18.5 Å². The molecule has 0 saturated heterocycles. The molecule has 0 amide bonds. The second-order valence-electron chi connectivity index (χ2n) is 5.03. The van der Waals surface area contributed by atoms with Crippen LogP contribution < -0.4 is 5.32 Å². The number of rotatable bonds is 5. The first-order valence-electron chi connectivity index (χ1n) is 6.79. The summed E-state index contributed by atoms with van der Waals surface area (Å²) in [5, 5.41) is 8.37. The van der Waals surface area contributed by atoms with Gasteiger partial charge in [0.05, 0.1) is 16.9 Å². The highest BCUT2D eigenvalue weighted by Gasteiger charge is 2.24. The SMILES string of the molecule is CCNC(c1ncc(C)cn1)c1c(Cl)cnn1C(C)C. The van der Waals surface area contributed by atoms with Gasteiger partial charge in [-0.05, 0) is 32.9 Å². The predicted octanol–water partition coefficient (Wildman–Crippen LogP) is 2.91. The fraction of sp³-hybridized carbons (Fsp3) is 0.500. The largest absolute Gasteiger partial charge is 0.303 e. The van der Waals surface area contributed by atoms with Crippen molar-refractivity contribution in [3.05, 3.63) is 40.7 Å². The average Bonchev–Trinajstić information content (AvgIpc) is 2.79. The zero-order chi connectivity index (χ0) is 14.7. The first-order valence-corrected chi connectivity index (χ1v) is 7.17. The van der Waals surface area contributed by atoms with Crippen LogP contribution in [0.15, 0.2) is 18.6 Å². The van der Waals surface area contributed by atoms with Crippen LogP contribution in [-0.4, -0.2) is 26.3 Å². The summed E-state index contributed by atoms with van der Waals surface area (Å²) in [6, 6.07) is 0.0714. The third kappa shape index (κ3) is 2.99. The van der Waals surface area contributed by atoms with Crippen LogP contribution in [0, 0.1) is 6.92 Å². The molecule has 0 aliphatic rings. The molecule has 0 aliphatic carbocycles. The minimum atomic E-state index is -0.155. The lowest BCUT2D eigenvalue weighted by Gasteiger charge is -2.20. The van der Waals surface area contributed by atoms with E-state index in [9.17, 15) is 0 Å². The summed E-state index contributed by atoms with van der Waals surface area (Å²) >= 11 is 6.32. The molecule has 108 valence electrons. The molecular formula is C14H20ClN5. The van der Waals surface area contributed by atoms with Crippen molar-refractivity contribution in [3.8, 4) is 0 Å². The van der Waals surface area contributed by atoms with Crippen molar-refractivity contribution in [2.45, 2.75) is 39.8 Å². The van der Waals surface area contributed by atoms with Gasteiger partial charge in [0.2, 0.25) is 0 Å². The molecule has 0 saturated carbocycles. The van der Waals surface area contributed by atoms with E-state index in [1.54, 1.807) is 6.20 Å². The zero-order valence-corrected chi connectivity index (χ0v) is 13.0. The number of aryl methyl sites for hydroxylation is 1. The Labute approximate surface area is 124 Å². The number of halogens is 1. The predicted molar refractivity (Wildman–Crippen MR) is 79.9 cm³/mol. The Morgan fingerprint density at radius 3 is 2.45 bits per heavy atom. The fourth-order valence-corrected chi connectivity index (χ4v) is 2.34. The van der Waals surface area contributed by atoms with Crippen LogP contribution >= 0.6 is 11.6 Å². The van der Waals surface area contributed by atoms with E-state index < -0.39 is 0 Å². The third-order valence-corrected chi connectivity index (χ3v) is 3.31. The van der Waals surface area contributed by atoms with Gasteiger partial charge in [-0.15, -0.1) is 0 Å². The van der Waals surface area contributed by atoms with Crippen molar-refractivity contribution in [2.75, 3.05) is 6.54 Å². The van der Waals surface area contributed by atoms with E-state index >= 15 is 0 Å². The highest BCUT2D eigenvalue weighted by Crippen LogP contribution is 2.28. The normalized spacial score (nSPS) is 12.9. The number of hydrogen-bond donors (Lipinski definition) is 1. The van der Waals surface area contributed by atoms with Crippen molar-refractivity contribution in [2.24, 2.45) is 0 Å². The van der Waals surface area contributed by atoms with Crippen LogP contribution in [0.2, 0.25) is 5.02 Å². The molecule has 20 heavy (non-hydrogen) atoms.